The normalized spacial score (nSPS) is 12.3. The first-order valence-electron chi connectivity index (χ1n) is 9.11. The van der Waals surface area contributed by atoms with Gasteiger partial charge in [0.2, 0.25) is 0 Å². The standard InChI is InChI=1S/C21H18F3N3O3S/c1-12-4-2-3-5-15(12)16(10-18(28)29)26-19(30)17-11-31-20(27-17)25-14-8-6-13(7-9-14)21(22,23)24/h2-9,11,16H,10H2,1H3,(H,25,27)(H,26,30)(H,28,29)/t16-/m0/s1. The molecule has 0 aliphatic heterocycles. The van der Waals surface area contributed by atoms with Crippen LogP contribution in [0.15, 0.2) is 53.9 Å². The Kier molecular flexibility index (Phi) is 6.59. The highest BCUT2D eigenvalue weighted by Crippen LogP contribution is 2.31. The Hall–Kier alpha value is -3.40. The summed E-state index contributed by atoms with van der Waals surface area (Å²) in [6, 6.07) is 10.9. The molecule has 0 spiro atoms. The third-order valence-corrected chi connectivity index (χ3v) is 5.21. The zero-order valence-corrected chi connectivity index (χ0v) is 17.1. The number of carbonyl (C=O) groups is 2. The quantitative estimate of drug-likeness (QED) is 0.464. The SMILES string of the molecule is Cc1ccccc1[C@H](CC(=O)O)NC(=O)c1csc(Nc2ccc(C(F)(F)F)cc2)n1. The van der Waals surface area contributed by atoms with Crippen molar-refractivity contribution in [2.75, 3.05) is 5.32 Å². The summed E-state index contributed by atoms with van der Waals surface area (Å²) in [5, 5.41) is 16.6. The van der Waals surface area contributed by atoms with E-state index in [1.807, 2.05) is 19.1 Å². The first-order chi connectivity index (χ1) is 14.6. The Bertz CT molecular complexity index is 1080. The van der Waals surface area contributed by atoms with Gasteiger partial charge < -0.3 is 15.7 Å². The number of halogens is 3. The number of rotatable bonds is 7. The van der Waals surface area contributed by atoms with Gasteiger partial charge in [0.05, 0.1) is 18.0 Å². The van der Waals surface area contributed by atoms with E-state index in [2.05, 4.69) is 15.6 Å². The number of aryl methyl sites for hydroxylation is 1. The molecule has 0 bridgehead atoms. The van der Waals surface area contributed by atoms with E-state index in [9.17, 15) is 27.9 Å². The third kappa shape index (κ3) is 5.82. The number of amides is 1. The van der Waals surface area contributed by atoms with Gasteiger partial charge in [0.25, 0.3) is 5.91 Å². The average molecular weight is 449 g/mol. The second-order valence-electron chi connectivity index (χ2n) is 6.72. The fraction of sp³-hybridized carbons (Fsp3) is 0.190. The van der Waals surface area contributed by atoms with Crippen molar-refractivity contribution in [3.8, 4) is 0 Å². The van der Waals surface area contributed by atoms with Crippen molar-refractivity contribution in [1.82, 2.24) is 10.3 Å². The van der Waals surface area contributed by atoms with Crippen LogP contribution in [0.1, 0.15) is 39.6 Å². The lowest BCUT2D eigenvalue weighted by atomic mass is 9.98. The second kappa shape index (κ2) is 9.17. The molecule has 0 unspecified atom stereocenters. The molecule has 1 atom stereocenters. The van der Waals surface area contributed by atoms with Gasteiger partial charge in [-0.3, -0.25) is 9.59 Å². The van der Waals surface area contributed by atoms with Crippen molar-refractivity contribution in [2.24, 2.45) is 0 Å². The topological polar surface area (TPSA) is 91.3 Å². The Balaban J connectivity index is 1.71. The molecule has 3 aromatic rings. The Morgan fingerprint density at radius 3 is 2.42 bits per heavy atom. The predicted octanol–water partition coefficient (Wildman–Crippen LogP) is 5.16. The van der Waals surface area contributed by atoms with Crippen molar-refractivity contribution < 1.29 is 27.9 Å². The fourth-order valence-corrected chi connectivity index (χ4v) is 3.64. The minimum atomic E-state index is -4.42. The van der Waals surface area contributed by atoms with E-state index in [4.69, 9.17) is 0 Å². The lowest BCUT2D eigenvalue weighted by Crippen LogP contribution is -2.30. The van der Waals surface area contributed by atoms with Crippen molar-refractivity contribution in [2.45, 2.75) is 25.6 Å². The van der Waals surface area contributed by atoms with Crippen molar-refractivity contribution in [3.05, 3.63) is 76.3 Å². The van der Waals surface area contributed by atoms with Crippen LogP contribution in [0.5, 0.6) is 0 Å². The van der Waals surface area contributed by atoms with E-state index in [1.54, 1.807) is 12.1 Å². The van der Waals surface area contributed by atoms with E-state index in [1.165, 1.54) is 17.5 Å². The van der Waals surface area contributed by atoms with Gasteiger partial charge in [-0.05, 0) is 42.3 Å². The van der Waals surface area contributed by atoms with Crippen LogP contribution < -0.4 is 10.6 Å². The van der Waals surface area contributed by atoms with Crippen LogP contribution >= 0.6 is 11.3 Å². The van der Waals surface area contributed by atoms with E-state index in [0.29, 0.717) is 16.4 Å². The molecular formula is C21H18F3N3O3S. The van der Waals surface area contributed by atoms with Crippen LogP contribution in [0.2, 0.25) is 0 Å². The number of nitrogens with zero attached hydrogens (tertiary/aromatic N) is 1. The molecule has 0 saturated carbocycles. The Labute approximate surface area is 179 Å². The minimum Gasteiger partial charge on any atom is -0.481 e. The van der Waals surface area contributed by atoms with Crippen LogP contribution in [-0.4, -0.2) is 22.0 Å². The molecule has 1 amide bonds. The maximum Gasteiger partial charge on any atom is 0.416 e. The number of hydrogen-bond donors (Lipinski definition) is 3. The third-order valence-electron chi connectivity index (χ3n) is 4.45. The van der Waals surface area contributed by atoms with E-state index < -0.39 is 29.7 Å². The monoisotopic (exact) mass is 449 g/mol. The summed E-state index contributed by atoms with van der Waals surface area (Å²) in [6.07, 6.45) is -4.72. The Morgan fingerprint density at radius 1 is 1.13 bits per heavy atom. The van der Waals surface area contributed by atoms with E-state index >= 15 is 0 Å². The summed E-state index contributed by atoms with van der Waals surface area (Å²) in [5.41, 5.74) is 1.23. The molecule has 10 heteroatoms. The number of aromatic nitrogens is 1. The zero-order valence-electron chi connectivity index (χ0n) is 16.2. The summed E-state index contributed by atoms with van der Waals surface area (Å²) in [5.74, 6) is -1.61. The smallest absolute Gasteiger partial charge is 0.416 e. The summed E-state index contributed by atoms with van der Waals surface area (Å²) in [4.78, 5) is 28.0. The molecule has 0 radical (unpaired) electrons. The van der Waals surface area contributed by atoms with Gasteiger partial charge in [-0.2, -0.15) is 13.2 Å². The maximum atomic E-state index is 12.7. The first-order valence-corrected chi connectivity index (χ1v) is 9.99. The number of anilines is 2. The van der Waals surface area contributed by atoms with Gasteiger partial charge in [-0.25, -0.2) is 4.98 Å². The lowest BCUT2D eigenvalue weighted by molar-refractivity contribution is -0.138. The van der Waals surface area contributed by atoms with Gasteiger partial charge in [-0.1, -0.05) is 24.3 Å². The average Bonchev–Trinajstić information content (AvgIpc) is 3.16. The Morgan fingerprint density at radius 2 is 1.81 bits per heavy atom. The van der Waals surface area contributed by atoms with Crippen molar-refractivity contribution >= 4 is 34.0 Å². The molecule has 1 heterocycles. The van der Waals surface area contributed by atoms with Crippen LogP contribution in [0.25, 0.3) is 0 Å². The molecule has 3 rings (SSSR count). The van der Waals surface area contributed by atoms with Crippen LogP contribution in [-0.2, 0) is 11.0 Å². The number of aliphatic carboxylic acids is 1. The van der Waals surface area contributed by atoms with Gasteiger partial charge in [0.15, 0.2) is 5.13 Å². The van der Waals surface area contributed by atoms with Gasteiger partial charge in [0, 0.05) is 11.1 Å². The highest BCUT2D eigenvalue weighted by atomic mass is 32.1. The summed E-state index contributed by atoms with van der Waals surface area (Å²) in [6.45, 7) is 1.82. The van der Waals surface area contributed by atoms with Crippen molar-refractivity contribution in [3.63, 3.8) is 0 Å². The van der Waals surface area contributed by atoms with E-state index in [0.717, 1.165) is 29.0 Å². The fourth-order valence-electron chi connectivity index (χ4n) is 2.92. The van der Waals surface area contributed by atoms with Gasteiger partial charge in [0.1, 0.15) is 5.69 Å². The molecule has 1 aromatic heterocycles. The van der Waals surface area contributed by atoms with E-state index in [-0.39, 0.29) is 12.1 Å². The molecule has 6 nitrogen and oxygen atoms in total. The largest absolute Gasteiger partial charge is 0.481 e. The van der Waals surface area contributed by atoms with Crippen LogP contribution in [0, 0.1) is 6.92 Å². The predicted molar refractivity (Wildman–Crippen MR) is 110 cm³/mol. The van der Waals surface area contributed by atoms with Crippen LogP contribution in [0.3, 0.4) is 0 Å². The summed E-state index contributed by atoms with van der Waals surface area (Å²) < 4.78 is 38.0. The number of carbonyl (C=O) groups excluding carboxylic acids is 1. The van der Waals surface area contributed by atoms with Gasteiger partial charge >= 0.3 is 12.1 Å². The number of nitrogens with one attached hydrogen (secondary N) is 2. The number of thiazole rings is 1. The van der Waals surface area contributed by atoms with Crippen molar-refractivity contribution in [1.29, 1.82) is 0 Å². The molecule has 162 valence electrons. The number of carboxylic acids is 1. The summed E-state index contributed by atoms with van der Waals surface area (Å²) in [7, 11) is 0. The summed E-state index contributed by atoms with van der Waals surface area (Å²) >= 11 is 1.10. The molecule has 31 heavy (non-hydrogen) atoms. The van der Waals surface area contributed by atoms with Gasteiger partial charge in [-0.15, -0.1) is 11.3 Å². The number of alkyl halides is 3. The number of hydrogen-bond acceptors (Lipinski definition) is 5. The first kappa shape index (κ1) is 22.3. The number of carboxylic acid groups (broad SMARTS) is 1. The maximum absolute atomic E-state index is 12.7. The number of benzene rings is 2. The molecule has 0 aliphatic carbocycles. The lowest BCUT2D eigenvalue weighted by Gasteiger charge is -2.18. The molecule has 0 saturated heterocycles. The van der Waals surface area contributed by atoms with Crippen LogP contribution in [0.4, 0.5) is 24.0 Å². The molecule has 3 N–H and O–H groups in total. The molecule has 0 aliphatic rings. The molecule has 0 fully saturated rings. The molecule has 2 aromatic carbocycles. The highest BCUT2D eigenvalue weighted by Gasteiger charge is 2.30. The molecular weight excluding hydrogens is 431 g/mol. The highest BCUT2D eigenvalue weighted by molar-refractivity contribution is 7.14. The second-order valence-corrected chi connectivity index (χ2v) is 7.58. The minimum absolute atomic E-state index is 0.0726. The zero-order chi connectivity index (χ0) is 22.6.